The molecule has 2 rings (SSSR count). The van der Waals surface area contributed by atoms with Crippen molar-refractivity contribution in [1.29, 1.82) is 0 Å². The summed E-state index contributed by atoms with van der Waals surface area (Å²) < 4.78 is 5.40. The summed E-state index contributed by atoms with van der Waals surface area (Å²) in [5.41, 5.74) is 2.42. The van der Waals surface area contributed by atoms with Gasteiger partial charge in [-0.3, -0.25) is 0 Å². The Bertz CT molecular complexity index is 432. The molecule has 0 saturated heterocycles. The minimum atomic E-state index is 0.261. The molecule has 0 saturated carbocycles. The van der Waals surface area contributed by atoms with Crippen LogP contribution in [0.2, 0.25) is 0 Å². The van der Waals surface area contributed by atoms with Gasteiger partial charge in [0.2, 0.25) is 0 Å². The first-order valence-electron chi connectivity index (χ1n) is 4.41. The molecule has 0 aliphatic rings. The maximum atomic E-state index is 5.40. The van der Waals surface area contributed by atoms with Crippen LogP contribution < -0.4 is 16.0 Å². The Morgan fingerprint density at radius 3 is 2.67 bits per heavy atom. The number of hydrogen-bond donors (Lipinski definition) is 2. The van der Waals surface area contributed by atoms with Crippen LogP contribution in [0.5, 0.6) is 11.8 Å². The predicted octanol–water partition coefficient (Wildman–Crippen LogP) is 1.55. The number of anilines is 1. The topological polar surface area (TPSA) is 73.1 Å². The lowest BCUT2D eigenvalue weighted by molar-refractivity contribution is 0.442. The normalized spacial score (nSPS) is 9.67. The van der Waals surface area contributed by atoms with Gasteiger partial charge in [-0.05, 0) is 12.1 Å². The molecule has 3 N–H and O–H groups in total. The zero-order chi connectivity index (χ0) is 10.5. The van der Waals surface area contributed by atoms with Gasteiger partial charge in [-0.15, -0.1) is 0 Å². The summed E-state index contributed by atoms with van der Waals surface area (Å²) in [5, 5.41) is 0. The van der Waals surface area contributed by atoms with Crippen molar-refractivity contribution < 1.29 is 4.74 Å². The molecule has 1 heterocycles. The smallest absolute Gasteiger partial charge is 0.323 e. The SMILES string of the molecule is NNc1ccnc(Oc2ccccc2)n1. The Labute approximate surface area is 86.9 Å². The quantitative estimate of drug-likeness (QED) is 0.583. The summed E-state index contributed by atoms with van der Waals surface area (Å²) in [6.07, 6.45) is 1.57. The van der Waals surface area contributed by atoms with Crippen LogP contribution in [-0.2, 0) is 0 Å². The van der Waals surface area contributed by atoms with Gasteiger partial charge in [0.1, 0.15) is 11.6 Å². The third-order valence-electron chi connectivity index (χ3n) is 1.73. The molecule has 0 unspecified atom stereocenters. The number of nitrogens with zero attached hydrogens (tertiary/aromatic N) is 2. The van der Waals surface area contributed by atoms with E-state index >= 15 is 0 Å². The Balaban J connectivity index is 2.17. The molecule has 0 aliphatic heterocycles. The zero-order valence-electron chi connectivity index (χ0n) is 7.92. The molecular weight excluding hydrogens is 192 g/mol. The van der Waals surface area contributed by atoms with Crippen LogP contribution in [0.15, 0.2) is 42.6 Å². The molecule has 0 aliphatic carbocycles. The maximum Gasteiger partial charge on any atom is 0.323 e. The highest BCUT2D eigenvalue weighted by atomic mass is 16.5. The predicted molar refractivity (Wildman–Crippen MR) is 56.4 cm³/mol. The first kappa shape index (κ1) is 9.42. The van der Waals surface area contributed by atoms with Crippen molar-refractivity contribution in [2.45, 2.75) is 0 Å². The van der Waals surface area contributed by atoms with Gasteiger partial charge in [-0.2, -0.15) is 4.98 Å². The molecule has 0 amide bonds. The van der Waals surface area contributed by atoms with Gasteiger partial charge in [0.15, 0.2) is 0 Å². The van der Waals surface area contributed by atoms with E-state index in [0.717, 1.165) is 0 Å². The largest absolute Gasteiger partial charge is 0.424 e. The molecule has 0 spiro atoms. The van der Waals surface area contributed by atoms with Crippen molar-refractivity contribution in [2.75, 3.05) is 5.43 Å². The van der Waals surface area contributed by atoms with Crippen molar-refractivity contribution >= 4 is 5.82 Å². The Hall–Kier alpha value is -2.14. The molecule has 2 aromatic rings. The average Bonchev–Trinajstić information content (AvgIpc) is 2.31. The summed E-state index contributed by atoms with van der Waals surface area (Å²) in [5.74, 6) is 6.41. The number of nitrogens with two attached hydrogens (primary N) is 1. The average molecular weight is 202 g/mol. The molecular formula is C10H10N4O. The van der Waals surface area contributed by atoms with Crippen molar-refractivity contribution in [3.05, 3.63) is 42.6 Å². The molecule has 0 atom stereocenters. The number of ether oxygens (including phenoxy) is 1. The minimum Gasteiger partial charge on any atom is -0.424 e. The number of nitrogen functional groups attached to an aromatic ring is 1. The third-order valence-corrected chi connectivity index (χ3v) is 1.73. The fraction of sp³-hybridized carbons (Fsp3) is 0. The molecule has 76 valence electrons. The lowest BCUT2D eigenvalue weighted by Gasteiger charge is -2.04. The van der Waals surface area contributed by atoms with Crippen molar-refractivity contribution in [3.63, 3.8) is 0 Å². The van der Waals surface area contributed by atoms with E-state index in [2.05, 4.69) is 15.4 Å². The fourth-order valence-corrected chi connectivity index (χ4v) is 1.06. The molecule has 5 heteroatoms. The number of benzene rings is 1. The third kappa shape index (κ3) is 2.41. The molecule has 15 heavy (non-hydrogen) atoms. The number of para-hydroxylation sites is 1. The number of rotatable bonds is 3. The van der Waals surface area contributed by atoms with E-state index in [1.54, 1.807) is 12.3 Å². The summed E-state index contributed by atoms with van der Waals surface area (Å²) in [7, 11) is 0. The molecule has 0 fully saturated rings. The zero-order valence-corrected chi connectivity index (χ0v) is 7.92. The van der Waals surface area contributed by atoms with E-state index in [1.807, 2.05) is 30.3 Å². The van der Waals surface area contributed by atoms with Crippen LogP contribution in [0.1, 0.15) is 0 Å². The second-order valence-corrected chi connectivity index (χ2v) is 2.78. The summed E-state index contributed by atoms with van der Waals surface area (Å²) in [6, 6.07) is 11.2. The van der Waals surface area contributed by atoms with Crippen molar-refractivity contribution in [1.82, 2.24) is 9.97 Å². The van der Waals surface area contributed by atoms with Crippen LogP contribution in [0.3, 0.4) is 0 Å². The number of nitrogens with one attached hydrogen (secondary N) is 1. The molecule has 1 aromatic carbocycles. The highest BCUT2D eigenvalue weighted by Gasteiger charge is 2.00. The van der Waals surface area contributed by atoms with Gasteiger partial charge in [0.25, 0.3) is 0 Å². The number of aromatic nitrogens is 2. The highest BCUT2D eigenvalue weighted by Crippen LogP contribution is 2.17. The maximum absolute atomic E-state index is 5.40. The van der Waals surface area contributed by atoms with E-state index < -0.39 is 0 Å². The van der Waals surface area contributed by atoms with Crippen molar-refractivity contribution in [3.8, 4) is 11.8 Å². The van der Waals surface area contributed by atoms with E-state index in [0.29, 0.717) is 11.6 Å². The van der Waals surface area contributed by atoms with E-state index in [1.165, 1.54) is 0 Å². The lowest BCUT2D eigenvalue weighted by Crippen LogP contribution is -2.08. The molecule has 1 aromatic heterocycles. The van der Waals surface area contributed by atoms with Gasteiger partial charge >= 0.3 is 6.01 Å². The lowest BCUT2D eigenvalue weighted by atomic mass is 10.3. The van der Waals surface area contributed by atoms with Crippen LogP contribution in [0, 0.1) is 0 Å². The van der Waals surface area contributed by atoms with Crippen LogP contribution >= 0.6 is 0 Å². The van der Waals surface area contributed by atoms with E-state index in [9.17, 15) is 0 Å². The minimum absolute atomic E-state index is 0.261. The Morgan fingerprint density at radius 1 is 1.13 bits per heavy atom. The summed E-state index contributed by atoms with van der Waals surface area (Å²) in [4.78, 5) is 7.97. The Kier molecular flexibility index (Phi) is 2.75. The van der Waals surface area contributed by atoms with Crippen LogP contribution in [0.25, 0.3) is 0 Å². The molecule has 0 bridgehead atoms. The number of hydrazine groups is 1. The Morgan fingerprint density at radius 2 is 1.93 bits per heavy atom. The van der Waals surface area contributed by atoms with Crippen LogP contribution in [0.4, 0.5) is 5.82 Å². The first-order valence-corrected chi connectivity index (χ1v) is 4.41. The van der Waals surface area contributed by atoms with Gasteiger partial charge in [-0.25, -0.2) is 10.8 Å². The van der Waals surface area contributed by atoms with Gasteiger partial charge < -0.3 is 10.2 Å². The second kappa shape index (κ2) is 4.39. The van der Waals surface area contributed by atoms with Gasteiger partial charge in [0.05, 0.1) is 0 Å². The van der Waals surface area contributed by atoms with Gasteiger partial charge in [-0.1, -0.05) is 18.2 Å². The van der Waals surface area contributed by atoms with Crippen molar-refractivity contribution in [2.24, 2.45) is 5.84 Å². The van der Waals surface area contributed by atoms with Crippen LogP contribution in [-0.4, -0.2) is 9.97 Å². The highest BCUT2D eigenvalue weighted by molar-refractivity contribution is 5.33. The monoisotopic (exact) mass is 202 g/mol. The molecule has 0 radical (unpaired) electrons. The summed E-state index contributed by atoms with van der Waals surface area (Å²) in [6.45, 7) is 0. The molecule has 5 nitrogen and oxygen atoms in total. The van der Waals surface area contributed by atoms with E-state index in [4.69, 9.17) is 10.6 Å². The summed E-state index contributed by atoms with van der Waals surface area (Å²) >= 11 is 0. The second-order valence-electron chi connectivity index (χ2n) is 2.78. The van der Waals surface area contributed by atoms with Gasteiger partial charge in [0, 0.05) is 12.3 Å². The standard InChI is InChI=1S/C10H10N4O/c11-14-9-6-7-12-10(13-9)15-8-4-2-1-3-5-8/h1-7H,11H2,(H,12,13,14). The fourth-order valence-electron chi connectivity index (χ4n) is 1.06. The number of hydrogen-bond acceptors (Lipinski definition) is 5. The first-order chi connectivity index (χ1) is 7.38. The van der Waals surface area contributed by atoms with E-state index in [-0.39, 0.29) is 6.01 Å².